The van der Waals surface area contributed by atoms with E-state index in [0.717, 1.165) is 17.7 Å². The first-order chi connectivity index (χ1) is 13.4. The molecule has 0 heterocycles. The van der Waals surface area contributed by atoms with Crippen LogP contribution in [0.5, 0.6) is 5.75 Å². The average molecular weight is 405 g/mol. The Kier molecular flexibility index (Phi) is 6.21. The summed E-state index contributed by atoms with van der Waals surface area (Å²) >= 11 is 5.87. The Labute approximate surface area is 165 Å². The predicted molar refractivity (Wildman–Crippen MR) is 105 cm³/mol. The number of alkyl halides is 3. The van der Waals surface area contributed by atoms with Gasteiger partial charge in [0.25, 0.3) is 0 Å². The predicted octanol–water partition coefficient (Wildman–Crippen LogP) is 6.38. The molecule has 3 nitrogen and oxygen atoms in total. The lowest BCUT2D eigenvalue weighted by molar-refractivity contribution is -0.137. The van der Waals surface area contributed by atoms with E-state index >= 15 is 0 Å². The van der Waals surface area contributed by atoms with Crippen LogP contribution in [0.25, 0.3) is 0 Å². The van der Waals surface area contributed by atoms with Crippen LogP contribution in [0.4, 0.5) is 18.9 Å². The first kappa shape index (κ1) is 19.8. The topological polar surface area (TPSA) is 33.6 Å². The number of nitrogens with one attached hydrogen (secondary N) is 1. The van der Waals surface area contributed by atoms with Gasteiger partial charge in [-0.1, -0.05) is 41.9 Å². The zero-order valence-corrected chi connectivity index (χ0v) is 15.3. The summed E-state index contributed by atoms with van der Waals surface area (Å²) in [5.74, 6) is 0.604. The standard InChI is InChI=1S/C21H16ClF3N2O/c22-18-10-8-15(9-11-18)14-28-20-7-2-1-4-16(20)13-26-27-19-6-3-5-17(12-19)21(23,24)25/h1-13,27H,14H2. The van der Waals surface area contributed by atoms with Crippen molar-refractivity contribution in [3.05, 3.63) is 94.5 Å². The number of hydrazone groups is 1. The fourth-order valence-corrected chi connectivity index (χ4v) is 2.53. The second kappa shape index (κ2) is 8.80. The molecule has 0 saturated carbocycles. The van der Waals surface area contributed by atoms with E-state index in [1.165, 1.54) is 18.3 Å². The smallest absolute Gasteiger partial charge is 0.416 e. The molecule has 0 fully saturated rings. The molecule has 28 heavy (non-hydrogen) atoms. The summed E-state index contributed by atoms with van der Waals surface area (Å²) in [4.78, 5) is 0. The Morgan fingerprint density at radius 2 is 1.71 bits per heavy atom. The van der Waals surface area contributed by atoms with Crippen LogP contribution in [-0.4, -0.2) is 6.21 Å². The quantitative estimate of drug-likeness (QED) is 0.382. The van der Waals surface area contributed by atoms with Gasteiger partial charge in [-0.05, 0) is 48.0 Å². The second-order valence-electron chi connectivity index (χ2n) is 5.90. The van der Waals surface area contributed by atoms with Gasteiger partial charge in [-0.25, -0.2) is 0 Å². The summed E-state index contributed by atoms with van der Waals surface area (Å²) in [7, 11) is 0. The van der Waals surface area contributed by atoms with Gasteiger partial charge in [0, 0.05) is 10.6 Å². The highest BCUT2D eigenvalue weighted by molar-refractivity contribution is 6.30. The third-order valence-corrected chi connectivity index (χ3v) is 4.07. The number of ether oxygens (including phenoxy) is 1. The Hall–Kier alpha value is -2.99. The maximum Gasteiger partial charge on any atom is 0.416 e. The fraction of sp³-hybridized carbons (Fsp3) is 0.0952. The van der Waals surface area contributed by atoms with Gasteiger partial charge >= 0.3 is 6.18 Å². The monoisotopic (exact) mass is 404 g/mol. The van der Waals surface area contributed by atoms with E-state index in [1.807, 2.05) is 24.3 Å². The van der Waals surface area contributed by atoms with E-state index in [0.29, 0.717) is 22.9 Å². The van der Waals surface area contributed by atoms with Crippen molar-refractivity contribution in [3.63, 3.8) is 0 Å². The van der Waals surface area contributed by atoms with Crippen molar-refractivity contribution in [1.82, 2.24) is 0 Å². The minimum atomic E-state index is -4.40. The lowest BCUT2D eigenvalue weighted by Crippen LogP contribution is -2.05. The van der Waals surface area contributed by atoms with E-state index in [-0.39, 0.29) is 5.69 Å². The molecular formula is C21H16ClF3N2O. The van der Waals surface area contributed by atoms with E-state index in [1.54, 1.807) is 24.3 Å². The molecule has 0 aliphatic rings. The van der Waals surface area contributed by atoms with Gasteiger partial charge in [-0.2, -0.15) is 18.3 Å². The third kappa shape index (κ3) is 5.50. The number of halogens is 4. The fourth-order valence-electron chi connectivity index (χ4n) is 2.40. The Morgan fingerprint density at radius 3 is 2.46 bits per heavy atom. The number of rotatable bonds is 6. The molecule has 144 valence electrons. The van der Waals surface area contributed by atoms with Crippen LogP contribution in [0.2, 0.25) is 5.02 Å². The average Bonchev–Trinajstić information content (AvgIpc) is 2.68. The van der Waals surface area contributed by atoms with Gasteiger partial charge in [0.1, 0.15) is 12.4 Å². The maximum atomic E-state index is 12.8. The number of anilines is 1. The third-order valence-electron chi connectivity index (χ3n) is 3.81. The molecule has 0 unspecified atom stereocenters. The molecule has 0 atom stereocenters. The highest BCUT2D eigenvalue weighted by atomic mass is 35.5. The largest absolute Gasteiger partial charge is 0.488 e. The normalized spacial score (nSPS) is 11.6. The van der Waals surface area contributed by atoms with Crippen LogP contribution in [0.1, 0.15) is 16.7 Å². The van der Waals surface area contributed by atoms with E-state index in [4.69, 9.17) is 16.3 Å². The first-order valence-electron chi connectivity index (χ1n) is 8.34. The van der Waals surface area contributed by atoms with Gasteiger partial charge < -0.3 is 4.74 Å². The molecule has 0 saturated heterocycles. The molecule has 0 amide bonds. The minimum absolute atomic E-state index is 0.241. The molecule has 0 bridgehead atoms. The van der Waals surface area contributed by atoms with Crippen LogP contribution in [0.15, 0.2) is 77.9 Å². The summed E-state index contributed by atoms with van der Waals surface area (Å²) in [6.07, 6.45) is -2.90. The van der Waals surface area contributed by atoms with E-state index in [2.05, 4.69) is 10.5 Å². The molecular weight excluding hydrogens is 389 g/mol. The number of benzene rings is 3. The minimum Gasteiger partial charge on any atom is -0.488 e. The van der Waals surface area contributed by atoms with Gasteiger partial charge in [0.05, 0.1) is 17.5 Å². The molecule has 1 N–H and O–H groups in total. The Bertz CT molecular complexity index is 956. The number of hydrogen-bond donors (Lipinski definition) is 1. The van der Waals surface area contributed by atoms with E-state index < -0.39 is 11.7 Å². The highest BCUT2D eigenvalue weighted by Crippen LogP contribution is 2.30. The van der Waals surface area contributed by atoms with Crippen LogP contribution in [-0.2, 0) is 12.8 Å². The molecule has 3 aromatic carbocycles. The van der Waals surface area contributed by atoms with Crippen LogP contribution in [0, 0.1) is 0 Å². The van der Waals surface area contributed by atoms with Gasteiger partial charge in [0.15, 0.2) is 0 Å². The van der Waals surface area contributed by atoms with Crippen molar-refractivity contribution >= 4 is 23.5 Å². The summed E-state index contributed by atoms with van der Waals surface area (Å²) in [5.41, 5.74) is 3.76. The van der Waals surface area contributed by atoms with Crippen molar-refractivity contribution in [2.45, 2.75) is 12.8 Å². The molecule has 0 spiro atoms. The second-order valence-corrected chi connectivity index (χ2v) is 6.34. The molecule has 7 heteroatoms. The summed E-state index contributed by atoms with van der Waals surface area (Å²) < 4.78 is 44.1. The molecule has 3 aromatic rings. The Morgan fingerprint density at radius 1 is 0.964 bits per heavy atom. The Balaban J connectivity index is 1.67. The summed E-state index contributed by atoms with van der Waals surface area (Å²) in [6.45, 7) is 0.350. The SMILES string of the molecule is FC(F)(F)c1cccc(NN=Cc2ccccc2OCc2ccc(Cl)cc2)c1. The lowest BCUT2D eigenvalue weighted by Gasteiger charge is -2.10. The van der Waals surface area contributed by atoms with Crippen LogP contribution >= 0.6 is 11.6 Å². The van der Waals surface area contributed by atoms with Gasteiger partial charge in [0.2, 0.25) is 0 Å². The van der Waals surface area contributed by atoms with Crippen molar-refractivity contribution in [1.29, 1.82) is 0 Å². The van der Waals surface area contributed by atoms with E-state index in [9.17, 15) is 13.2 Å². The zero-order valence-electron chi connectivity index (χ0n) is 14.6. The maximum absolute atomic E-state index is 12.8. The molecule has 0 radical (unpaired) electrons. The molecule has 3 rings (SSSR count). The molecule has 0 aliphatic heterocycles. The van der Waals surface area contributed by atoms with Crippen LogP contribution < -0.4 is 10.2 Å². The zero-order chi connectivity index (χ0) is 20.0. The van der Waals surface area contributed by atoms with Gasteiger partial charge in [-0.3, -0.25) is 5.43 Å². The summed E-state index contributed by atoms with van der Waals surface area (Å²) in [6, 6.07) is 19.4. The van der Waals surface area contributed by atoms with Crippen molar-refractivity contribution < 1.29 is 17.9 Å². The molecule has 0 aromatic heterocycles. The molecule has 0 aliphatic carbocycles. The van der Waals surface area contributed by atoms with Crippen LogP contribution in [0.3, 0.4) is 0 Å². The van der Waals surface area contributed by atoms with Crippen molar-refractivity contribution in [2.24, 2.45) is 5.10 Å². The lowest BCUT2D eigenvalue weighted by atomic mass is 10.2. The first-order valence-corrected chi connectivity index (χ1v) is 8.72. The van der Waals surface area contributed by atoms with Crippen molar-refractivity contribution in [2.75, 3.05) is 5.43 Å². The number of para-hydroxylation sites is 1. The number of hydrogen-bond acceptors (Lipinski definition) is 3. The highest BCUT2D eigenvalue weighted by Gasteiger charge is 2.30. The summed E-state index contributed by atoms with van der Waals surface area (Å²) in [5, 5.41) is 4.67. The number of nitrogens with zero attached hydrogens (tertiary/aromatic N) is 1. The van der Waals surface area contributed by atoms with Crippen molar-refractivity contribution in [3.8, 4) is 5.75 Å². The van der Waals surface area contributed by atoms with Gasteiger partial charge in [-0.15, -0.1) is 0 Å².